The fourth-order valence-electron chi connectivity index (χ4n) is 0.440. The Morgan fingerprint density at radius 3 is 2.40 bits per heavy atom. The van der Waals surface area contributed by atoms with E-state index in [4.69, 9.17) is 5.84 Å². The lowest BCUT2D eigenvalue weighted by atomic mass is 10.1. The van der Waals surface area contributed by atoms with E-state index in [1.54, 1.807) is 19.9 Å². The lowest BCUT2D eigenvalue weighted by Crippen LogP contribution is -2.30. The number of hydrogen-bond acceptors (Lipinski definition) is 2. The second-order valence-electron chi connectivity index (χ2n) is 1.99. The molecule has 0 radical (unpaired) electrons. The minimum Gasteiger partial charge on any atom is -0.290 e. The van der Waals surface area contributed by atoms with Gasteiger partial charge < -0.3 is 0 Å². The van der Waals surface area contributed by atoms with Gasteiger partial charge in [-0.3, -0.25) is 10.2 Å². The molecule has 3 nitrogen and oxygen atoms in total. The van der Waals surface area contributed by atoms with E-state index in [1.807, 2.05) is 5.43 Å². The molecule has 0 atom stereocenters. The summed E-state index contributed by atoms with van der Waals surface area (Å²) < 4.78 is 0. The predicted octanol–water partition coefficient (Wildman–Crippen LogP) is 0.499. The van der Waals surface area contributed by atoms with Crippen LogP contribution in [0, 0.1) is 0 Å². The van der Waals surface area contributed by atoms with Crippen molar-refractivity contribution in [2.24, 2.45) is 5.84 Å². The maximum atomic E-state index is 10.8. The highest BCUT2D eigenvalue weighted by Gasteiger charge is 2.01. The van der Waals surface area contributed by atoms with Crippen LogP contribution in [-0.4, -0.2) is 5.91 Å². The number of carbonyl (C=O) groups is 1. The Morgan fingerprint density at radius 1 is 1.60 bits per heavy atom. The molecule has 0 aromatic carbocycles. The number of amides is 1. The van der Waals surface area contributed by atoms with Crippen LogP contribution in [0.4, 0.5) is 0 Å². The number of carbonyl (C=O) groups excluding carboxylic acids is 1. The zero-order valence-corrected chi connectivity index (χ0v) is 6.27. The zero-order chi connectivity index (χ0) is 8.15. The van der Waals surface area contributed by atoms with Gasteiger partial charge in [0.2, 0.25) is 0 Å². The van der Waals surface area contributed by atoms with Crippen molar-refractivity contribution >= 4 is 5.91 Å². The second-order valence-corrected chi connectivity index (χ2v) is 1.99. The summed E-state index contributed by atoms with van der Waals surface area (Å²) >= 11 is 0. The first kappa shape index (κ1) is 8.91. The Morgan fingerprint density at radius 2 is 2.10 bits per heavy atom. The van der Waals surface area contributed by atoms with Crippen molar-refractivity contribution < 1.29 is 4.79 Å². The van der Waals surface area contributed by atoms with Crippen LogP contribution in [0.25, 0.3) is 0 Å². The van der Waals surface area contributed by atoms with Gasteiger partial charge in [-0.1, -0.05) is 12.7 Å². The molecule has 0 rings (SSSR count). The number of rotatable bonds is 2. The van der Waals surface area contributed by atoms with Crippen LogP contribution in [0.15, 0.2) is 23.8 Å². The fourth-order valence-corrected chi connectivity index (χ4v) is 0.440. The van der Waals surface area contributed by atoms with Crippen molar-refractivity contribution in [2.75, 3.05) is 0 Å². The lowest BCUT2D eigenvalue weighted by Gasteiger charge is -2.00. The third-order valence-electron chi connectivity index (χ3n) is 1.37. The molecule has 0 aromatic rings. The number of nitrogens with two attached hydrogens (primary N) is 1. The Hall–Kier alpha value is -1.09. The van der Waals surface area contributed by atoms with E-state index in [9.17, 15) is 4.79 Å². The maximum absolute atomic E-state index is 10.8. The molecule has 0 bridgehead atoms. The minimum atomic E-state index is -0.266. The molecule has 0 heterocycles. The van der Waals surface area contributed by atoms with Gasteiger partial charge >= 0.3 is 0 Å². The van der Waals surface area contributed by atoms with Crippen LogP contribution in [0.5, 0.6) is 0 Å². The van der Waals surface area contributed by atoms with Crippen molar-refractivity contribution in [3.05, 3.63) is 23.8 Å². The van der Waals surface area contributed by atoms with Crippen LogP contribution in [-0.2, 0) is 4.79 Å². The Bertz CT molecular complexity index is 182. The van der Waals surface area contributed by atoms with Gasteiger partial charge in [0.15, 0.2) is 0 Å². The van der Waals surface area contributed by atoms with Gasteiger partial charge in [0.05, 0.1) is 0 Å². The van der Waals surface area contributed by atoms with Crippen molar-refractivity contribution in [3.8, 4) is 0 Å². The summed E-state index contributed by atoms with van der Waals surface area (Å²) in [5.41, 5.74) is 3.47. The first-order chi connectivity index (χ1) is 4.63. The smallest absolute Gasteiger partial charge is 0.261 e. The molecule has 0 fully saturated rings. The highest BCUT2D eigenvalue weighted by Crippen LogP contribution is 2.02. The summed E-state index contributed by atoms with van der Waals surface area (Å²) in [4.78, 5) is 10.8. The van der Waals surface area contributed by atoms with Crippen LogP contribution >= 0.6 is 0 Å². The summed E-state index contributed by atoms with van der Waals surface area (Å²) in [7, 11) is 0. The largest absolute Gasteiger partial charge is 0.290 e. The van der Waals surface area contributed by atoms with Crippen LogP contribution in [0.3, 0.4) is 0 Å². The number of allylic oxidation sites excluding steroid dienone is 2. The molecule has 0 aromatic heterocycles. The summed E-state index contributed by atoms with van der Waals surface area (Å²) in [5, 5.41) is 0. The molecule has 0 spiro atoms. The zero-order valence-electron chi connectivity index (χ0n) is 6.27. The van der Waals surface area contributed by atoms with Crippen molar-refractivity contribution in [3.63, 3.8) is 0 Å². The van der Waals surface area contributed by atoms with Crippen molar-refractivity contribution in [1.29, 1.82) is 0 Å². The molecule has 3 heteroatoms. The average Bonchev–Trinajstić information content (AvgIpc) is 2.00. The fraction of sp³-hybridized carbons (Fsp3) is 0.286. The molecule has 3 N–H and O–H groups in total. The van der Waals surface area contributed by atoms with Crippen LogP contribution in [0.2, 0.25) is 0 Å². The predicted molar refractivity (Wildman–Crippen MR) is 40.9 cm³/mol. The highest BCUT2D eigenvalue weighted by atomic mass is 16.2. The summed E-state index contributed by atoms with van der Waals surface area (Å²) in [6.07, 6.45) is 1.62. The summed E-state index contributed by atoms with van der Waals surface area (Å²) in [5.74, 6) is 4.63. The Labute approximate surface area is 60.6 Å². The molecule has 0 saturated heterocycles. The van der Waals surface area contributed by atoms with Gasteiger partial charge in [-0.2, -0.15) is 0 Å². The summed E-state index contributed by atoms with van der Waals surface area (Å²) in [6.45, 7) is 7.02. The third-order valence-corrected chi connectivity index (χ3v) is 1.37. The molecule has 0 saturated carbocycles. The van der Waals surface area contributed by atoms with Crippen molar-refractivity contribution in [1.82, 2.24) is 5.43 Å². The van der Waals surface area contributed by atoms with Crippen molar-refractivity contribution in [2.45, 2.75) is 13.8 Å². The molecule has 0 unspecified atom stereocenters. The quantitative estimate of drug-likeness (QED) is 0.193. The van der Waals surface area contributed by atoms with Gasteiger partial charge in [0.25, 0.3) is 5.91 Å². The first-order valence-electron chi connectivity index (χ1n) is 2.94. The molecule has 0 aliphatic heterocycles. The normalized spacial score (nSPS) is 11.9. The van der Waals surface area contributed by atoms with E-state index in [-0.39, 0.29) is 5.91 Å². The van der Waals surface area contributed by atoms with Gasteiger partial charge in [0.1, 0.15) is 0 Å². The second kappa shape index (κ2) is 3.85. The maximum Gasteiger partial charge on any atom is 0.261 e. The standard InChI is InChI=1S/C7H12N2O/c1-4-5(2)6(3)7(10)9-8/h4H,1,8H2,2-3H3,(H,9,10). The summed E-state index contributed by atoms with van der Waals surface area (Å²) in [6, 6.07) is 0. The monoisotopic (exact) mass is 140 g/mol. The third kappa shape index (κ3) is 2.03. The van der Waals surface area contributed by atoms with Gasteiger partial charge in [-0.15, -0.1) is 0 Å². The van der Waals surface area contributed by atoms with Crippen LogP contribution < -0.4 is 11.3 Å². The topological polar surface area (TPSA) is 55.1 Å². The van der Waals surface area contributed by atoms with E-state index in [1.165, 1.54) is 0 Å². The number of nitrogens with one attached hydrogen (secondary N) is 1. The SMILES string of the molecule is C=CC(C)=C(C)C(=O)NN. The van der Waals surface area contributed by atoms with E-state index < -0.39 is 0 Å². The molecule has 1 amide bonds. The number of hydrogen-bond donors (Lipinski definition) is 2. The van der Waals surface area contributed by atoms with E-state index in [0.29, 0.717) is 5.57 Å². The first-order valence-corrected chi connectivity index (χ1v) is 2.94. The van der Waals surface area contributed by atoms with Gasteiger partial charge in [0, 0.05) is 5.57 Å². The lowest BCUT2D eigenvalue weighted by molar-refractivity contribution is -0.117. The van der Waals surface area contributed by atoms with E-state index >= 15 is 0 Å². The number of hydrazine groups is 1. The van der Waals surface area contributed by atoms with Gasteiger partial charge in [-0.05, 0) is 19.4 Å². The molecule has 0 aliphatic carbocycles. The Kier molecular flexibility index (Phi) is 3.43. The molecular weight excluding hydrogens is 128 g/mol. The molecular formula is C7H12N2O. The Balaban J connectivity index is 4.45. The molecule has 10 heavy (non-hydrogen) atoms. The minimum absolute atomic E-state index is 0.266. The average molecular weight is 140 g/mol. The van der Waals surface area contributed by atoms with Gasteiger partial charge in [-0.25, -0.2) is 5.84 Å². The van der Waals surface area contributed by atoms with Crippen LogP contribution in [0.1, 0.15) is 13.8 Å². The van der Waals surface area contributed by atoms with E-state index in [2.05, 4.69) is 6.58 Å². The van der Waals surface area contributed by atoms with E-state index in [0.717, 1.165) is 5.57 Å². The molecule has 56 valence electrons. The molecule has 0 aliphatic rings. The highest BCUT2D eigenvalue weighted by molar-refractivity contribution is 5.93.